The van der Waals surface area contributed by atoms with Crippen molar-refractivity contribution in [1.29, 1.82) is 0 Å². The summed E-state index contributed by atoms with van der Waals surface area (Å²) in [6, 6.07) is 20.0. The van der Waals surface area contributed by atoms with E-state index in [4.69, 9.17) is 5.73 Å². The molecule has 0 radical (unpaired) electrons. The minimum atomic E-state index is 0.0922. The fraction of sp³-hybridized carbons (Fsp3) is 0.238. The highest BCUT2D eigenvalue weighted by Crippen LogP contribution is 2.38. The summed E-state index contributed by atoms with van der Waals surface area (Å²) in [5.74, 6) is 0.485. The number of nitrogens with two attached hydrogens (primary N) is 1. The van der Waals surface area contributed by atoms with Crippen molar-refractivity contribution in [1.82, 2.24) is 0 Å². The van der Waals surface area contributed by atoms with Crippen LogP contribution in [0, 0.1) is 5.92 Å². The minimum absolute atomic E-state index is 0.0922. The lowest BCUT2D eigenvalue weighted by Crippen LogP contribution is -2.18. The molecule has 0 aliphatic carbocycles. The zero-order valence-electron chi connectivity index (χ0n) is 13.1. The van der Waals surface area contributed by atoms with Crippen molar-refractivity contribution in [2.24, 2.45) is 11.7 Å². The van der Waals surface area contributed by atoms with Crippen LogP contribution in [0.25, 0.3) is 32.3 Å². The molecule has 0 amide bonds. The predicted molar refractivity (Wildman–Crippen MR) is 96.5 cm³/mol. The van der Waals surface area contributed by atoms with Crippen molar-refractivity contribution in [3.63, 3.8) is 0 Å². The van der Waals surface area contributed by atoms with Crippen molar-refractivity contribution in [2.45, 2.75) is 26.3 Å². The summed E-state index contributed by atoms with van der Waals surface area (Å²) in [7, 11) is 0. The van der Waals surface area contributed by atoms with E-state index in [9.17, 15) is 0 Å². The molecule has 0 heterocycles. The van der Waals surface area contributed by atoms with Crippen molar-refractivity contribution >= 4 is 32.3 Å². The zero-order valence-corrected chi connectivity index (χ0v) is 13.1. The first-order valence-corrected chi connectivity index (χ1v) is 8.12. The molecule has 0 aromatic heterocycles. The average Bonchev–Trinajstić information content (AvgIpc) is 2.58. The minimum Gasteiger partial charge on any atom is -0.324 e. The van der Waals surface area contributed by atoms with Gasteiger partial charge in [0.2, 0.25) is 0 Å². The predicted octanol–water partition coefficient (Wildman–Crippen LogP) is 5.63. The molecule has 4 rings (SSSR count). The summed E-state index contributed by atoms with van der Waals surface area (Å²) in [5, 5.41) is 7.98. The molecule has 0 spiro atoms. The fourth-order valence-corrected chi connectivity index (χ4v) is 3.61. The molecule has 0 saturated heterocycles. The number of hydrogen-bond donors (Lipinski definition) is 1. The van der Waals surface area contributed by atoms with Crippen LogP contribution in [0.3, 0.4) is 0 Å². The van der Waals surface area contributed by atoms with Gasteiger partial charge in [-0.05, 0) is 43.8 Å². The van der Waals surface area contributed by atoms with E-state index in [1.807, 2.05) is 0 Å². The van der Waals surface area contributed by atoms with Gasteiger partial charge in [-0.15, -0.1) is 0 Å². The normalized spacial score (nSPS) is 14.9. The molecule has 110 valence electrons. The molecular formula is C21H21N. The first-order valence-electron chi connectivity index (χ1n) is 8.12. The Labute approximate surface area is 131 Å². The summed E-state index contributed by atoms with van der Waals surface area (Å²) in [4.78, 5) is 0. The first-order chi connectivity index (χ1) is 10.7. The van der Waals surface area contributed by atoms with Crippen LogP contribution in [-0.4, -0.2) is 0 Å². The summed E-state index contributed by atoms with van der Waals surface area (Å²) in [6.45, 7) is 4.45. The highest BCUT2D eigenvalue weighted by atomic mass is 14.6. The van der Waals surface area contributed by atoms with Crippen LogP contribution in [0.4, 0.5) is 0 Å². The van der Waals surface area contributed by atoms with Gasteiger partial charge in [-0.2, -0.15) is 0 Å². The third-order valence-electron chi connectivity index (χ3n) is 5.18. The van der Waals surface area contributed by atoms with Gasteiger partial charge in [0.25, 0.3) is 0 Å². The molecule has 0 fully saturated rings. The highest BCUT2D eigenvalue weighted by molar-refractivity contribution is 6.23. The third kappa shape index (κ3) is 1.82. The van der Waals surface area contributed by atoms with E-state index in [1.54, 1.807) is 0 Å². The maximum atomic E-state index is 6.55. The standard InChI is InChI=1S/C21H21N/c1-3-13(2)21(22)18-12-10-16-8-7-14-5-4-6-15-9-11-17(18)20(16)19(14)15/h4-13,21H,3,22H2,1-2H3/t13?,21-/m0/s1. The Kier molecular flexibility index (Phi) is 3.05. The second kappa shape index (κ2) is 4.96. The van der Waals surface area contributed by atoms with Crippen LogP contribution in [0.15, 0.2) is 54.6 Å². The smallest absolute Gasteiger partial charge is 0.0326 e. The van der Waals surface area contributed by atoms with Crippen molar-refractivity contribution in [2.75, 3.05) is 0 Å². The molecule has 0 aliphatic rings. The highest BCUT2D eigenvalue weighted by Gasteiger charge is 2.18. The Morgan fingerprint density at radius 3 is 2.09 bits per heavy atom. The van der Waals surface area contributed by atoms with Crippen LogP contribution in [0.1, 0.15) is 31.9 Å². The summed E-state index contributed by atoms with van der Waals surface area (Å²) in [6.07, 6.45) is 1.10. The maximum absolute atomic E-state index is 6.55. The van der Waals surface area contributed by atoms with Crippen molar-refractivity contribution < 1.29 is 0 Å². The van der Waals surface area contributed by atoms with Gasteiger partial charge in [-0.3, -0.25) is 0 Å². The molecule has 0 saturated carbocycles. The second-order valence-electron chi connectivity index (χ2n) is 6.42. The molecule has 1 nitrogen and oxygen atoms in total. The molecule has 0 bridgehead atoms. The topological polar surface area (TPSA) is 26.0 Å². The molecule has 4 aromatic carbocycles. The number of rotatable bonds is 3. The molecule has 1 heteroatoms. The molecule has 1 unspecified atom stereocenters. The largest absolute Gasteiger partial charge is 0.324 e. The quantitative estimate of drug-likeness (QED) is 0.485. The molecule has 2 N–H and O–H groups in total. The van der Waals surface area contributed by atoms with Crippen molar-refractivity contribution in [3.8, 4) is 0 Å². The SMILES string of the molecule is CCC(C)[C@H](N)c1ccc2ccc3cccc4ccc1c2c34. The Balaban J connectivity index is 2.12. The van der Waals surface area contributed by atoms with Gasteiger partial charge in [0, 0.05) is 6.04 Å². The molecule has 2 atom stereocenters. The van der Waals surface area contributed by atoms with E-state index in [0.717, 1.165) is 6.42 Å². The van der Waals surface area contributed by atoms with Crippen LogP contribution < -0.4 is 5.73 Å². The van der Waals surface area contributed by atoms with Crippen LogP contribution in [0.2, 0.25) is 0 Å². The first kappa shape index (κ1) is 13.5. The Bertz CT molecular complexity index is 938. The van der Waals surface area contributed by atoms with Gasteiger partial charge >= 0.3 is 0 Å². The van der Waals surface area contributed by atoms with Gasteiger partial charge in [0.15, 0.2) is 0 Å². The number of hydrogen-bond acceptors (Lipinski definition) is 1. The van der Waals surface area contributed by atoms with Gasteiger partial charge < -0.3 is 5.73 Å². The van der Waals surface area contributed by atoms with Crippen LogP contribution in [-0.2, 0) is 0 Å². The second-order valence-corrected chi connectivity index (χ2v) is 6.42. The molecule has 0 aliphatic heterocycles. The van der Waals surface area contributed by atoms with Gasteiger partial charge in [-0.1, -0.05) is 74.9 Å². The Hall–Kier alpha value is -2.12. The lowest BCUT2D eigenvalue weighted by atomic mass is 9.86. The van der Waals surface area contributed by atoms with Crippen LogP contribution >= 0.6 is 0 Å². The molecule has 22 heavy (non-hydrogen) atoms. The van der Waals surface area contributed by atoms with Crippen molar-refractivity contribution in [3.05, 3.63) is 60.2 Å². The summed E-state index contributed by atoms with van der Waals surface area (Å²) < 4.78 is 0. The van der Waals surface area contributed by atoms with E-state index >= 15 is 0 Å². The van der Waals surface area contributed by atoms with Gasteiger partial charge in [-0.25, -0.2) is 0 Å². The van der Waals surface area contributed by atoms with Crippen LogP contribution in [0.5, 0.6) is 0 Å². The summed E-state index contributed by atoms with van der Waals surface area (Å²) >= 11 is 0. The molecular weight excluding hydrogens is 266 g/mol. The molecule has 4 aromatic rings. The lowest BCUT2D eigenvalue weighted by molar-refractivity contribution is 0.459. The monoisotopic (exact) mass is 287 g/mol. The lowest BCUT2D eigenvalue weighted by Gasteiger charge is -2.22. The van der Waals surface area contributed by atoms with E-state index in [0.29, 0.717) is 5.92 Å². The summed E-state index contributed by atoms with van der Waals surface area (Å²) in [5.41, 5.74) is 7.83. The fourth-order valence-electron chi connectivity index (χ4n) is 3.61. The average molecular weight is 287 g/mol. The maximum Gasteiger partial charge on any atom is 0.0326 e. The Morgan fingerprint density at radius 1 is 0.818 bits per heavy atom. The number of benzene rings is 4. The van der Waals surface area contributed by atoms with Gasteiger partial charge in [0.1, 0.15) is 0 Å². The van der Waals surface area contributed by atoms with Gasteiger partial charge in [0.05, 0.1) is 0 Å². The van der Waals surface area contributed by atoms with E-state index in [2.05, 4.69) is 68.4 Å². The zero-order chi connectivity index (χ0) is 15.3. The van der Waals surface area contributed by atoms with E-state index < -0.39 is 0 Å². The Morgan fingerprint density at radius 2 is 1.41 bits per heavy atom. The van der Waals surface area contributed by atoms with E-state index in [1.165, 1.54) is 37.9 Å². The third-order valence-corrected chi connectivity index (χ3v) is 5.18. The van der Waals surface area contributed by atoms with E-state index in [-0.39, 0.29) is 6.04 Å².